The van der Waals surface area contributed by atoms with Crippen molar-refractivity contribution in [2.45, 2.75) is 13.8 Å². The van der Waals surface area contributed by atoms with Crippen LogP contribution in [0.5, 0.6) is 5.75 Å². The van der Waals surface area contributed by atoms with Gasteiger partial charge in [-0.1, -0.05) is 29.3 Å². The zero-order valence-electron chi connectivity index (χ0n) is 15.6. The molecule has 146 valence electrons. The highest BCUT2D eigenvalue weighted by Gasteiger charge is 2.37. The van der Waals surface area contributed by atoms with Crippen molar-refractivity contribution in [2.75, 3.05) is 23.4 Å². The predicted molar refractivity (Wildman–Crippen MR) is 113 cm³/mol. The summed E-state index contributed by atoms with van der Waals surface area (Å²) < 4.78 is 5.89. The second-order valence-electron chi connectivity index (χ2n) is 7.14. The number of hydrogen-bond acceptors (Lipinski definition) is 3. The molecule has 1 N–H and O–H groups in total. The Bertz CT molecular complexity index is 957. The minimum absolute atomic E-state index is 0.0455. The second-order valence-corrected chi connectivity index (χ2v) is 7.98. The molecule has 0 spiro atoms. The molecule has 1 aliphatic heterocycles. The van der Waals surface area contributed by atoms with Crippen LogP contribution < -0.4 is 15.0 Å². The summed E-state index contributed by atoms with van der Waals surface area (Å²) in [6.45, 7) is 8.00. The highest BCUT2D eigenvalue weighted by Crippen LogP contribution is 2.38. The van der Waals surface area contributed by atoms with Crippen LogP contribution in [-0.2, 0) is 4.79 Å². The van der Waals surface area contributed by atoms with Gasteiger partial charge in [0.2, 0.25) is 5.91 Å². The number of halogens is 2. The summed E-state index contributed by atoms with van der Waals surface area (Å²) in [5.74, 6) is 0.103. The van der Waals surface area contributed by atoms with Gasteiger partial charge in [-0.2, -0.15) is 0 Å². The first-order valence-electron chi connectivity index (χ1n) is 8.69. The molecule has 0 aromatic heterocycles. The Morgan fingerprint density at radius 2 is 2.04 bits per heavy atom. The van der Waals surface area contributed by atoms with E-state index in [-0.39, 0.29) is 23.4 Å². The van der Waals surface area contributed by atoms with E-state index in [1.807, 2.05) is 13.8 Å². The molecule has 0 saturated carbocycles. The third-order valence-electron chi connectivity index (χ3n) is 4.41. The van der Waals surface area contributed by atoms with E-state index < -0.39 is 5.41 Å². The van der Waals surface area contributed by atoms with Crippen molar-refractivity contribution in [3.8, 4) is 5.75 Å². The number of ether oxygens (including phenoxy) is 1. The number of nitrogens with zero attached hydrogens (tertiary/aromatic N) is 1. The fraction of sp³-hybridized carbons (Fsp3) is 0.238. The smallest absolute Gasteiger partial charge is 0.257 e. The van der Waals surface area contributed by atoms with Crippen LogP contribution in [0.1, 0.15) is 24.2 Å². The maximum absolute atomic E-state index is 12.8. The van der Waals surface area contributed by atoms with E-state index in [4.69, 9.17) is 27.9 Å². The zero-order valence-corrected chi connectivity index (χ0v) is 17.1. The fourth-order valence-electron chi connectivity index (χ4n) is 2.91. The van der Waals surface area contributed by atoms with Crippen LogP contribution in [0.25, 0.3) is 0 Å². The molecule has 1 aliphatic rings. The molecular formula is C21H20Cl2N2O3. The Morgan fingerprint density at radius 1 is 1.29 bits per heavy atom. The van der Waals surface area contributed by atoms with E-state index in [0.717, 1.165) is 0 Å². The molecule has 0 bridgehead atoms. The van der Waals surface area contributed by atoms with Crippen LogP contribution in [0.15, 0.2) is 49.1 Å². The molecule has 0 radical (unpaired) electrons. The molecule has 28 heavy (non-hydrogen) atoms. The number of rotatable bonds is 4. The van der Waals surface area contributed by atoms with Crippen molar-refractivity contribution in [1.29, 1.82) is 0 Å². The first-order valence-corrected chi connectivity index (χ1v) is 9.44. The van der Waals surface area contributed by atoms with E-state index in [0.29, 0.717) is 34.3 Å². The first-order chi connectivity index (χ1) is 13.2. The summed E-state index contributed by atoms with van der Waals surface area (Å²) in [7, 11) is 0. The van der Waals surface area contributed by atoms with Crippen LogP contribution in [0.2, 0.25) is 10.0 Å². The van der Waals surface area contributed by atoms with Crippen LogP contribution in [-0.4, -0.2) is 25.0 Å². The average molecular weight is 419 g/mol. The van der Waals surface area contributed by atoms with Crippen LogP contribution >= 0.6 is 23.2 Å². The van der Waals surface area contributed by atoms with Gasteiger partial charge in [-0.25, -0.2) is 0 Å². The Morgan fingerprint density at radius 3 is 2.71 bits per heavy atom. The van der Waals surface area contributed by atoms with Gasteiger partial charge in [-0.05, 0) is 44.2 Å². The van der Waals surface area contributed by atoms with Crippen molar-refractivity contribution in [3.05, 3.63) is 64.7 Å². The van der Waals surface area contributed by atoms with Gasteiger partial charge in [0, 0.05) is 23.3 Å². The van der Waals surface area contributed by atoms with Gasteiger partial charge in [-0.3, -0.25) is 9.59 Å². The molecule has 2 aromatic rings. The van der Waals surface area contributed by atoms with Crippen LogP contribution in [0, 0.1) is 5.41 Å². The quantitative estimate of drug-likeness (QED) is 0.695. The molecule has 0 atom stereocenters. The molecule has 2 amide bonds. The van der Waals surface area contributed by atoms with Gasteiger partial charge in [0.25, 0.3) is 5.91 Å². The Labute approximate surface area is 173 Å². The zero-order chi connectivity index (χ0) is 20.5. The van der Waals surface area contributed by atoms with Crippen molar-refractivity contribution >= 4 is 46.4 Å². The van der Waals surface area contributed by atoms with Crippen LogP contribution in [0.4, 0.5) is 11.4 Å². The maximum Gasteiger partial charge on any atom is 0.257 e. The first kappa shape index (κ1) is 20.2. The lowest BCUT2D eigenvalue weighted by molar-refractivity contribution is -0.127. The van der Waals surface area contributed by atoms with Gasteiger partial charge >= 0.3 is 0 Å². The molecular weight excluding hydrogens is 399 g/mol. The fourth-order valence-corrected chi connectivity index (χ4v) is 3.40. The van der Waals surface area contributed by atoms with Gasteiger partial charge in [-0.15, -0.1) is 6.58 Å². The lowest BCUT2D eigenvalue weighted by Crippen LogP contribution is -2.42. The molecule has 1 heterocycles. The van der Waals surface area contributed by atoms with E-state index in [2.05, 4.69) is 11.9 Å². The normalized spacial score (nSPS) is 15.3. The van der Waals surface area contributed by atoms with Gasteiger partial charge in [0.15, 0.2) is 0 Å². The number of carbonyl (C=O) groups is 2. The Balaban J connectivity index is 1.91. The third kappa shape index (κ3) is 4.01. The predicted octanol–water partition coefficient (Wildman–Crippen LogP) is 5.18. The molecule has 0 saturated heterocycles. The van der Waals surface area contributed by atoms with Crippen molar-refractivity contribution < 1.29 is 14.3 Å². The number of carbonyl (C=O) groups excluding carboxylic acids is 2. The molecule has 2 aromatic carbocycles. The van der Waals surface area contributed by atoms with Crippen LogP contribution in [0.3, 0.4) is 0 Å². The number of anilines is 2. The van der Waals surface area contributed by atoms with Gasteiger partial charge in [0.05, 0.1) is 21.7 Å². The van der Waals surface area contributed by atoms with E-state index in [9.17, 15) is 9.59 Å². The third-order valence-corrected chi connectivity index (χ3v) is 4.96. The summed E-state index contributed by atoms with van der Waals surface area (Å²) in [6, 6.07) is 9.83. The maximum atomic E-state index is 12.8. The summed E-state index contributed by atoms with van der Waals surface area (Å²) in [5, 5.41) is 3.52. The molecule has 0 aliphatic carbocycles. The molecule has 7 heteroatoms. The summed E-state index contributed by atoms with van der Waals surface area (Å²) >= 11 is 12.0. The number of hydrogen-bond donors (Lipinski definition) is 1. The SMILES string of the molecule is C=CCN1C(=O)C(C)(C)COc2cc(NC(=O)c3ccc(Cl)cc3Cl)ccc21. The molecule has 0 fully saturated rings. The lowest BCUT2D eigenvalue weighted by Gasteiger charge is -2.27. The average Bonchev–Trinajstić information content (AvgIpc) is 2.72. The summed E-state index contributed by atoms with van der Waals surface area (Å²) in [6.07, 6.45) is 1.67. The highest BCUT2D eigenvalue weighted by atomic mass is 35.5. The van der Waals surface area contributed by atoms with E-state index in [1.54, 1.807) is 41.3 Å². The number of amides is 2. The standard InChI is InChI=1S/C21H20Cl2N2O3/c1-4-9-25-17-8-6-14(11-18(17)28-12-21(2,3)20(25)27)24-19(26)15-7-5-13(22)10-16(15)23/h4-8,10-11H,1,9,12H2,2-3H3,(H,24,26). The van der Waals surface area contributed by atoms with Gasteiger partial charge < -0.3 is 15.0 Å². The molecule has 0 unspecified atom stereocenters. The topological polar surface area (TPSA) is 58.6 Å². The number of fused-ring (bicyclic) bond motifs is 1. The van der Waals surface area contributed by atoms with Crippen molar-refractivity contribution in [3.63, 3.8) is 0 Å². The highest BCUT2D eigenvalue weighted by molar-refractivity contribution is 6.37. The largest absolute Gasteiger partial charge is 0.490 e. The Kier molecular flexibility index (Phi) is 5.68. The van der Waals surface area contributed by atoms with Gasteiger partial charge in [0.1, 0.15) is 12.4 Å². The van der Waals surface area contributed by atoms with Crippen molar-refractivity contribution in [2.24, 2.45) is 5.41 Å². The molecule has 5 nitrogen and oxygen atoms in total. The van der Waals surface area contributed by atoms with E-state index >= 15 is 0 Å². The van der Waals surface area contributed by atoms with Crippen molar-refractivity contribution in [1.82, 2.24) is 0 Å². The van der Waals surface area contributed by atoms with E-state index in [1.165, 1.54) is 6.07 Å². The lowest BCUT2D eigenvalue weighted by atomic mass is 9.93. The molecule has 3 rings (SSSR count). The summed E-state index contributed by atoms with van der Waals surface area (Å²) in [4.78, 5) is 27.0. The summed E-state index contributed by atoms with van der Waals surface area (Å²) in [5.41, 5.74) is 0.799. The monoisotopic (exact) mass is 418 g/mol. The number of nitrogens with one attached hydrogen (secondary N) is 1. The second kappa shape index (κ2) is 7.86. The number of benzene rings is 2. The Hall–Kier alpha value is -2.50. The minimum atomic E-state index is -0.678. The minimum Gasteiger partial charge on any atom is -0.490 e.